The molecule has 1 aliphatic carbocycles. The second-order valence-electron chi connectivity index (χ2n) is 6.97. The molecular weight excluding hydrogens is 326 g/mol. The zero-order valence-electron chi connectivity index (χ0n) is 14.3. The minimum absolute atomic E-state index is 0.185. The molecule has 2 amide bonds. The van der Waals surface area contributed by atoms with E-state index in [9.17, 15) is 9.59 Å². The number of carbonyl (C=O) groups is 2. The Bertz CT molecular complexity index is 610. The largest absolute Gasteiger partial charge is 0.352 e. The SMILES string of the molecule is CC(C)CNC(=O)c1ccc(NC(=O)C2(N)CCCCC2)cc1Cl. The molecule has 132 valence electrons. The normalized spacial score (nSPS) is 16.7. The van der Waals surface area contributed by atoms with Crippen molar-refractivity contribution in [3.63, 3.8) is 0 Å². The fourth-order valence-electron chi connectivity index (χ4n) is 2.83. The fraction of sp³-hybridized carbons (Fsp3) is 0.556. The second-order valence-corrected chi connectivity index (χ2v) is 7.38. The lowest BCUT2D eigenvalue weighted by Crippen LogP contribution is -2.52. The molecule has 0 aromatic heterocycles. The fourth-order valence-corrected chi connectivity index (χ4v) is 3.10. The summed E-state index contributed by atoms with van der Waals surface area (Å²) >= 11 is 6.20. The van der Waals surface area contributed by atoms with Crippen molar-refractivity contribution in [2.45, 2.75) is 51.5 Å². The summed E-state index contributed by atoms with van der Waals surface area (Å²) < 4.78 is 0. The van der Waals surface area contributed by atoms with E-state index in [2.05, 4.69) is 10.6 Å². The smallest absolute Gasteiger partial charge is 0.252 e. The molecule has 0 heterocycles. The maximum atomic E-state index is 12.4. The highest BCUT2D eigenvalue weighted by atomic mass is 35.5. The first-order chi connectivity index (χ1) is 11.3. The summed E-state index contributed by atoms with van der Waals surface area (Å²) in [6.45, 7) is 4.63. The molecule has 4 N–H and O–H groups in total. The van der Waals surface area contributed by atoms with Gasteiger partial charge in [-0.2, -0.15) is 0 Å². The first kappa shape index (κ1) is 18.7. The van der Waals surface area contributed by atoms with Crippen LogP contribution in [-0.2, 0) is 4.79 Å². The number of hydrogen-bond donors (Lipinski definition) is 3. The van der Waals surface area contributed by atoms with Gasteiger partial charge in [0.25, 0.3) is 5.91 Å². The van der Waals surface area contributed by atoms with Gasteiger partial charge in [0, 0.05) is 12.2 Å². The molecule has 0 bridgehead atoms. The van der Waals surface area contributed by atoms with Crippen molar-refractivity contribution < 1.29 is 9.59 Å². The predicted molar refractivity (Wildman–Crippen MR) is 97.3 cm³/mol. The zero-order chi connectivity index (χ0) is 17.7. The summed E-state index contributed by atoms with van der Waals surface area (Å²) in [4.78, 5) is 24.5. The third-order valence-corrected chi connectivity index (χ3v) is 4.65. The van der Waals surface area contributed by atoms with Crippen molar-refractivity contribution in [2.75, 3.05) is 11.9 Å². The Morgan fingerprint density at radius 3 is 2.50 bits per heavy atom. The molecule has 6 heteroatoms. The molecule has 2 rings (SSSR count). The maximum absolute atomic E-state index is 12.4. The topological polar surface area (TPSA) is 84.2 Å². The van der Waals surface area contributed by atoms with E-state index in [4.69, 9.17) is 17.3 Å². The van der Waals surface area contributed by atoms with Crippen LogP contribution in [0.25, 0.3) is 0 Å². The van der Waals surface area contributed by atoms with Crippen molar-refractivity contribution in [3.8, 4) is 0 Å². The average Bonchev–Trinajstić information content (AvgIpc) is 2.53. The molecule has 0 radical (unpaired) electrons. The Balaban J connectivity index is 2.03. The minimum atomic E-state index is -0.808. The molecule has 0 unspecified atom stereocenters. The second kappa shape index (κ2) is 7.99. The Kier molecular flexibility index (Phi) is 6.24. The Morgan fingerprint density at radius 1 is 1.25 bits per heavy atom. The van der Waals surface area contributed by atoms with E-state index in [-0.39, 0.29) is 11.8 Å². The van der Waals surface area contributed by atoms with Gasteiger partial charge in [0.2, 0.25) is 5.91 Å². The molecule has 24 heavy (non-hydrogen) atoms. The first-order valence-corrected chi connectivity index (χ1v) is 8.88. The highest BCUT2D eigenvalue weighted by Crippen LogP contribution is 2.28. The van der Waals surface area contributed by atoms with Gasteiger partial charge in [-0.05, 0) is 37.0 Å². The van der Waals surface area contributed by atoms with Crippen molar-refractivity contribution in [3.05, 3.63) is 28.8 Å². The monoisotopic (exact) mass is 351 g/mol. The van der Waals surface area contributed by atoms with Crippen LogP contribution in [0.5, 0.6) is 0 Å². The van der Waals surface area contributed by atoms with Crippen LogP contribution in [0, 0.1) is 5.92 Å². The highest BCUT2D eigenvalue weighted by molar-refractivity contribution is 6.34. The number of hydrogen-bond acceptors (Lipinski definition) is 3. The van der Waals surface area contributed by atoms with E-state index < -0.39 is 5.54 Å². The van der Waals surface area contributed by atoms with Crippen LogP contribution in [0.2, 0.25) is 5.02 Å². The summed E-state index contributed by atoms with van der Waals surface area (Å²) in [6.07, 6.45) is 4.46. The van der Waals surface area contributed by atoms with Gasteiger partial charge >= 0.3 is 0 Å². The third-order valence-electron chi connectivity index (χ3n) is 4.34. The first-order valence-electron chi connectivity index (χ1n) is 8.50. The number of amides is 2. The number of anilines is 1. The Labute approximate surface area is 148 Å². The van der Waals surface area contributed by atoms with Crippen LogP contribution in [0.4, 0.5) is 5.69 Å². The zero-order valence-corrected chi connectivity index (χ0v) is 15.1. The van der Waals surface area contributed by atoms with Gasteiger partial charge in [0.1, 0.15) is 0 Å². The van der Waals surface area contributed by atoms with Crippen LogP contribution < -0.4 is 16.4 Å². The number of nitrogens with one attached hydrogen (secondary N) is 2. The van der Waals surface area contributed by atoms with Gasteiger partial charge < -0.3 is 16.4 Å². The van der Waals surface area contributed by atoms with E-state index in [1.165, 1.54) is 0 Å². The summed E-state index contributed by atoms with van der Waals surface area (Å²) in [5.41, 5.74) is 6.37. The Morgan fingerprint density at radius 2 is 1.92 bits per heavy atom. The molecule has 1 aromatic rings. The molecule has 0 atom stereocenters. The number of rotatable bonds is 5. The van der Waals surface area contributed by atoms with Crippen molar-refractivity contribution in [1.82, 2.24) is 5.32 Å². The third kappa shape index (κ3) is 4.71. The van der Waals surface area contributed by atoms with Crippen molar-refractivity contribution in [2.24, 2.45) is 11.7 Å². The molecule has 0 aliphatic heterocycles. The van der Waals surface area contributed by atoms with Crippen LogP contribution in [-0.4, -0.2) is 23.9 Å². The predicted octanol–water partition coefficient (Wildman–Crippen LogP) is 3.33. The summed E-state index contributed by atoms with van der Waals surface area (Å²) in [7, 11) is 0. The number of nitrogens with two attached hydrogens (primary N) is 1. The van der Waals surface area contributed by atoms with E-state index in [1.54, 1.807) is 18.2 Å². The molecule has 5 nitrogen and oxygen atoms in total. The summed E-state index contributed by atoms with van der Waals surface area (Å²) in [6, 6.07) is 4.90. The highest BCUT2D eigenvalue weighted by Gasteiger charge is 2.35. The summed E-state index contributed by atoms with van der Waals surface area (Å²) in [5.74, 6) is -0.0352. The van der Waals surface area contributed by atoms with Gasteiger partial charge in [0.05, 0.1) is 16.1 Å². The molecular formula is C18H26ClN3O2. The lowest BCUT2D eigenvalue weighted by atomic mass is 9.82. The molecule has 1 fully saturated rings. The van der Waals surface area contributed by atoms with E-state index in [1.807, 2.05) is 13.8 Å². The van der Waals surface area contributed by atoms with Gasteiger partial charge in [-0.25, -0.2) is 0 Å². The van der Waals surface area contributed by atoms with Crippen LogP contribution in [0.1, 0.15) is 56.3 Å². The van der Waals surface area contributed by atoms with Gasteiger partial charge in [-0.1, -0.05) is 44.7 Å². The van der Waals surface area contributed by atoms with Crippen molar-refractivity contribution in [1.29, 1.82) is 0 Å². The molecule has 1 aromatic carbocycles. The number of carbonyl (C=O) groups excluding carboxylic acids is 2. The van der Waals surface area contributed by atoms with E-state index in [0.717, 1.165) is 19.3 Å². The lowest BCUT2D eigenvalue weighted by Gasteiger charge is -2.31. The van der Waals surface area contributed by atoms with E-state index >= 15 is 0 Å². The van der Waals surface area contributed by atoms with Crippen LogP contribution >= 0.6 is 11.6 Å². The molecule has 0 spiro atoms. The minimum Gasteiger partial charge on any atom is -0.352 e. The average molecular weight is 352 g/mol. The summed E-state index contributed by atoms with van der Waals surface area (Å²) in [5, 5.41) is 5.96. The number of halogens is 1. The Hall–Kier alpha value is -1.59. The standard InChI is InChI=1S/C18H26ClN3O2/c1-12(2)11-21-16(23)14-7-6-13(10-15(14)19)22-17(24)18(20)8-4-3-5-9-18/h6-7,10,12H,3-5,8-9,11,20H2,1-2H3,(H,21,23)(H,22,24). The van der Waals surface area contributed by atoms with Gasteiger partial charge in [-0.15, -0.1) is 0 Å². The van der Waals surface area contributed by atoms with Crippen LogP contribution in [0.3, 0.4) is 0 Å². The van der Waals surface area contributed by atoms with Gasteiger partial charge in [0.15, 0.2) is 0 Å². The number of benzene rings is 1. The van der Waals surface area contributed by atoms with Crippen molar-refractivity contribution >= 4 is 29.1 Å². The molecule has 0 saturated heterocycles. The maximum Gasteiger partial charge on any atom is 0.252 e. The van der Waals surface area contributed by atoms with Gasteiger partial charge in [-0.3, -0.25) is 9.59 Å². The van der Waals surface area contributed by atoms with Crippen LogP contribution in [0.15, 0.2) is 18.2 Å². The van der Waals surface area contributed by atoms with E-state index in [0.29, 0.717) is 41.6 Å². The molecule has 1 aliphatic rings. The molecule has 1 saturated carbocycles. The quantitative estimate of drug-likeness (QED) is 0.760. The lowest BCUT2D eigenvalue weighted by molar-refractivity contribution is -0.122.